The molecule has 0 bridgehead atoms. The second kappa shape index (κ2) is 12.6. The van der Waals surface area contributed by atoms with Crippen molar-refractivity contribution in [2.75, 3.05) is 17.4 Å². The van der Waals surface area contributed by atoms with Crippen molar-refractivity contribution in [2.24, 2.45) is 0 Å². The molecule has 0 radical (unpaired) electrons. The van der Waals surface area contributed by atoms with Gasteiger partial charge in [0.05, 0.1) is 10.6 Å². The van der Waals surface area contributed by atoms with Gasteiger partial charge in [0.1, 0.15) is 12.6 Å². The van der Waals surface area contributed by atoms with E-state index in [1.54, 1.807) is 56.3 Å². The summed E-state index contributed by atoms with van der Waals surface area (Å²) < 4.78 is 28.3. The molecule has 0 fully saturated rings. The van der Waals surface area contributed by atoms with Gasteiger partial charge >= 0.3 is 0 Å². The second-order valence-corrected chi connectivity index (χ2v) is 11.3. The van der Waals surface area contributed by atoms with Crippen LogP contribution in [0.25, 0.3) is 0 Å². The number of carbonyl (C=O) groups is 2. The summed E-state index contributed by atoms with van der Waals surface area (Å²) in [6.45, 7) is 3.09. The Morgan fingerprint density at radius 2 is 1.51 bits per heavy atom. The predicted molar refractivity (Wildman–Crippen MR) is 148 cm³/mol. The molecule has 7 nitrogen and oxygen atoms in total. The normalized spacial score (nSPS) is 12.0. The zero-order valence-corrected chi connectivity index (χ0v) is 23.3. The summed E-state index contributed by atoms with van der Waals surface area (Å²) in [5, 5.41) is 3.52. The van der Waals surface area contributed by atoms with E-state index in [4.69, 9.17) is 34.8 Å². The lowest BCUT2D eigenvalue weighted by molar-refractivity contribution is -0.139. The van der Waals surface area contributed by atoms with Gasteiger partial charge in [-0.05, 0) is 55.8 Å². The van der Waals surface area contributed by atoms with Crippen LogP contribution in [0.5, 0.6) is 0 Å². The fourth-order valence-electron chi connectivity index (χ4n) is 3.65. The molecule has 196 valence electrons. The highest BCUT2D eigenvalue weighted by Crippen LogP contribution is 2.30. The van der Waals surface area contributed by atoms with Crippen LogP contribution in [-0.2, 0) is 26.2 Å². The Kier molecular flexibility index (Phi) is 9.84. The highest BCUT2D eigenvalue weighted by atomic mass is 35.5. The molecule has 0 aliphatic heterocycles. The van der Waals surface area contributed by atoms with Gasteiger partial charge in [-0.3, -0.25) is 13.9 Å². The van der Waals surface area contributed by atoms with Crippen LogP contribution < -0.4 is 9.62 Å². The SMILES string of the molecule is CCNC(=O)C(C)N(Cc1ccccc1Cl)C(=O)CN(c1cc(Cl)cc(Cl)c1)S(=O)(=O)c1ccccc1. The van der Waals surface area contributed by atoms with Crippen molar-refractivity contribution >= 4 is 62.3 Å². The highest BCUT2D eigenvalue weighted by Gasteiger charge is 2.32. The van der Waals surface area contributed by atoms with Gasteiger partial charge in [-0.15, -0.1) is 0 Å². The maximum absolute atomic E-state index is 13.8. The fraction of sp³-hybridized carbons (Fsp3) is 0.231. The quantitative estimate of drug-likeness (QED) is 0.347. The maximum Gasteiger partial charge on any atom is 0.264 e. The summed E-state index contributed by atoms with van der Waals surface area (Å²) in [5.74, 6) is -1.000. The number of likely N-dealkylation sites (N-methyl/N-ethyl adjacent to an activating group) is 1. The van der Waals surface area contributed by atoms with E-state index < -0.39 is 28.5 Å². The summed E-state index contributed by atoms with van der Waals surface area (Å²) in [7, 11) is -4.21. The second-order valence-electron chi connectivity index (χ2n) is 8.14. The van der Waals surface area contributed by atoms with Gasteiger partial charge in [0.15, 0.2) is 0 Å². The van der Waals surface area contributed by atoms with Crippen LogP contribution in [0.3, 0.4) is 0 Å². The molecule has 0 aliphatic carbocycles. The Morgan fingerprint density at radius 3 is 2.11 bits per heavy atom. The van der Waals surface area contributed by atoms with Crippen LogP contribution in [0.4, 0.5) is 5.69 Å². The van der Waals surface area contributed by atoms with Crippen LogP contribution in [0.2, 0.25) is 15.1 Å². The molecule has 0 aromatic heterocycles. The number of nitrogens with zero attached hydrogens (tertiary/aromatic N) is 2. The third kappa shape index (κ3) is 7.17. The molecule has 1 N–H and O–H groups in total. The summed E-state index contributed by atoms with van der Waals surface area (Å²) in [6, 6.07) is 18.0. The van der Waals surface area contributed by atoms with Crippen molar-refractivity contribution < 1.29 is 18.0 Å². The molecule has 0 aliphatic rings. The van der Waals surface area contributed by atoms with E-state index >= 15 is 0 Å². The van der Waals surface area contributed by atoms with Gasteiger partial charge in [-0.25, -0.2) is 8.42 Å². The number of nitrogens with one attached hydrogen (secondary N) is 1. The minimum absolute atomic E-state index is 0.00760. The van der Waals surface area contributed by atoms with Gasteiger partial charge in [-0.2, -0.15) is 0 Å². The van der Waals surface area contributed by atoms with Crippen LogP contribution in [-0.4, -0.2) is 44.3 Å². The number of rotatable bonds is 10. The standard InChI is InChI=1S/C26H26Cl3N3O4S/c1-3-30-26(34)18(2)31(16-19-9-7-8-12-24(19)29)25(33)17-32(22-14-20(27)13-21(28)15-22)37(35,36)23-10-5-4-6-11-23/h4-15,18H,3,16-17H2,1-2H3,(H,30,34). The van der Waals surface area contributed by atoms with E-state index in [0.29, 0.717) is 17.1 Å². The number of carbonyl (C=O) groups excluding carboxylic acids is 2. The molecule has 0 saturated heterocycles. The predicted octanol–water partition coefficient (Wildman–Crippen LogP) is 5.40. The van der Waals surface area contributed by atoms with Crippen LogP contribution >= 0.6 is 34.8 Å². The first-order valence-corrected chi connectivity index (χ1v) is 14.0. The minimum Gasteiger partial charge on any atom is -0.355 e. The third-order valence-electron chi connectivity index (χ3n) is 5.56. The molecule has 0 saturated carbocycles. The average Bonchev–Trinajstić information content (AvgIpc) is 2.86. The Labute approximate surface area is 232 Å². The Bertz CT molecular complexity index is 1350. The first-order chi connectivity index (χ1) is 17.5. The van der Waals surface area contributed by atoms with Gasteiger partial charge in [-0.1, -0.05) is 71.2 Å². The number of anilines is 1. The average molecular weight is 583 g/mol. The van der Waals surface area contributed by atoms with Crippen molar-refractivity contribution in [2.45, 2.75) is 31.3 Å². The molecule has 3 rings (SSSR count). The maximum atomic E-state index is 13.8. The Balaban J connectivity index is 2.06. The molecule has 3 aromatic rings. The lowest BCUT2D eigenvalue weighted by atomic mass is 10.1. The van der Waals surface area contributed by atoms with Crippen LogP contribution in [0.1, 0.15) is 19.4 Å². The Morgan fingerprint density at radius 1 is 0.919 bits per heavy atom. The number of amides is 2. The highest BCUT2D eigenvalue weighted by molar-refractivity contribution is 7.92. The number of hydrogen-bond donors (Lipinski definition) is 1. The van der Waals surface area contributed by atoms with Crippen molar-refractivity contribution in [1.29, 1.82) is 0 Å². The molecular formula is C26H26Cl3N3O4S. The first-order valence-electron chi connectivity index (χ1n) is 11.4. The number of sulfonamides is 1. The summed E-state index contributed by atoms with van der Waals surface area (Å²) in [5.41, 5.74) is 0.718. The summed E-state index contributed by atoms with van der Waals surface area (Å²) in [6.07, 6.45) is 0. The molecule has 3 aromatic carbocycles. The largest absolute Gasteiger partial charge is 0.355 e. The topological polar surface area (TPSA) is 86.8 Å². The molecule has 11 heteroatoms. The van der Waals surface area contributed by atoms with Crippen LogP contribution in [0, 0.1) is 0 Å². The van der Waals surface area contributed by atoms with Gasteiger partial charge in [0.2, 0.25) is 11.8 Å². The summed E-state index contributed by atoms with van der Waals surface area (Å²) >= 11 is 18.7. The van der Waals surface area contributed by atoms with E-state index in [1.165, 1.54) is 35.2 Å². The monoisotopic (exact) mass is 581 g/mol. The molecule has 0 spiro atoms. The van der Waals surface area contributed by atoms with E-state index in [0.717, 1.165) is 4.31 Å². The molecule has 1 unspecified atom stereocenters. The third-order valence-corrected chi connectivity index (χ3v) is 8.16. The smallest absolute Gasteiger partial charge is 0.264 e. The Hall–Kier alpha value is -2.78. The van der Waals surface area contributed by atoms with Crippen molar-refractivity contribution in [1.82, 2.24) is 10.2 Å². The molecule has 2 amide bonds. The summed E-state index contributed by atoms with van der Waals surface area (Å²) in [4.78, 5) is 27.8. The number of hydrogen-bond acceptors (Lipinski definition) is 4. The number of benzene rings is 3. The molecule has 1 atom stereocenters. The minimum atomic E-state index is -4.21. The lowest BCUT2D eigenvalue weighted by Crippen LogP contribution is -2.51. The lowest BCUT2D eigenvalue weighted by Gasteiger charge is -2.32. The van der Waals surface area contributed by atoms with Crippen molar-refractivity contribution in [3.63, 3.8) is 0 Å². The number of halogens is 3. The first kappa shape index (κ1) is 28.8. The van der Waals surface area contributed by atoms with E-state index in [1.807, 2.05) is 0 Å². The molecular weight excluding hydrogens is 557 g/mol. The molecule has 0 heterocycles. The van der Waals surface area contributed by atoms with Gasteiger partial charge in [0, 0.05) is 28.2 Å². The van der Waals surface area contributed by atoms with Crippen molar-refractivity contribution in [3.8, 4) is 0 Å². The van der Waals surface area contributed by atoms with Crippen LogP contribution in [0.15, 0.2) is 77.7 Å². The van der Waals surface area contributed by atoms with E-state index in [9.17, 15) is 18.0 Å². The zero-order valence-electron chi connectivity index (χ0n) is 20.2. The fourth-order valence-corrected chi connectivity index (χ4v) is 5.78. The van der Waals surface area contributed by atoms with E-state index in [-0.39, 0.29) is 33.1 Å². The molecule has 37 heavy (non-hydrogen) atoms. The van der Waals surface area contributed by atoms with Crippen molar-refractivity contribution in [3.05, 3.63) is 93.4 Å². The van der Waals surface area contributed by atoms with E-state index in [2.05, 4.69) is 5.32 Å². The zero-order chi connectivity index (χ0) is 27.2. The van der Waals surface area contributed by atoms with Gasteiger partial charge < -0.3 is 10.2 Å². The van der Waals surface area contributed by atoms with Gasteiger partial charge in [0.25, 0.3) is 10.0 Å².